The van der Waals surface area contributed by atoms with E-state index in [0.717, 1.165) is 25.7 Å². The van der Waals surface area contributed by atoms with Crippen molar-refractivity contribution in [3.8, 4) is 0 Å². The fourth-order valence-electron chi connectivity index (χ4n) is 1.79. The summed E-state index contributed by atoms with van der Waals surface area (Å²) in [5.74, 6) is -0.996. The summed E-state index contributed by atoms with van der Waals surface area (Å²) in [7, 11) is 0. The number of carboxylic acids is 2. The van der Waals surface area contributed by atoms with Crippen LogP contribution in [-0.4, -0.2) is 33.2 Å². The van der Waals surface area contributed by atoms with Crippen LogP contribution in [0.4, 0.5) is 0 Å². The van der Waals surface area contributed by atoms with Gasteiger partial charge in [-0.3, -0.25) is 9.59 Å². The molecule has 0 bridgehead atoms. The second-order valence-electron chi connectivity index (χ2n) is 3.83. The van der Waals surface area contributed by atoms with Gasteiger partial charge >= 0.3 is 11.9 Å². The molecule has 0 aromatic heterocycles. The van der Waals surface area contributed by atoms with Crippen molar-refractivity contribution >= 4 is 23.7 Å². The lowest BCUT2D eigenvalue weighted by Crippen LogP contribution is -2.22. The second kappa shape index (κ2) is 6.00. The summed E-state index contributed by atoms with van der Waals surface area (Å²) in [6.45, 7) is 0. The van der Waals surface area contributed by atoms with Gasteiger partial charge in [0.2, 0.25) is 0 Å². The van der Waals surface area contributed by atoms with Crippen LogP contribution in [0.5, 0.6) is 0 Å². The van der Waals surface area contributed by atoms with E-state index in [9.17, 15) is 9.59 Å². The van der Waals surface area contributed by atoms with Gasteiger partial charge < -0.3 is 10.2 Å². The fraction of sp³-hybridized carbons (Fsp3) is 0.800. The van der Waals surface area contributed by atoms with Crippen molar-refractivity contribution in [1.82, 2.24) is 0 Å². The fourth-order valence-corrected chi connectivity index (χ4v) is 3.02. The van der Waals surface area contributed by atoms with Crippen molar-refractivity contribution in [2.75, 3.05) is 5.75 Å². The van der Waals surface area contributed by atoms with Crippen LogP contribution in [0.15, 0.2) is 0 Å². The normalized spacial score (nSPS) is 26.1. The molecule has 2 N–H and O–H groups in total. The van der Waals surface area contributed by atoms with Gasteiger partial charge in [0.1, 0.15) is 0 Å². The van der Waals surface area contributed by atoms with E-state index in [0.29, 0.717) is 11.0 Å². The van der Waals surface area contributed by atoms with Crippen molar-refractivity contribution in [2.24, 2.45) is 5.92 Å². The van der Waals surface area contributed by atoms with Crippen LogP contribution in [0.2, 0.25) is 0 Å². The standard InChI is InChI=1S/C10H16O4S/c11-9(12)5-6-15-8-3-1-7(2-4-8)10(13)14/h7-8H,1-6H2,(H,11,12)(H,13,14). The molecule has 0 radical (unpaired) electrons. The molecule has 0 aliphatic heterocycles. The van der Waals surface area contributed by atoms with E-state index in [1.807, 2.05) is 0 Å². The average Bonchev–Trinajstić information content (AvgIpc) is 2.18. The van der Waals surface area contributed by atoms with Gasteiger partial charge in [-0.2, -0.15) is 11.8 Å². The summed E-state index contributed by atoms with van der Waals surface area (Å²) in [5, 5.41) is 17.7. The zero-order chi connectivity index (χ0) is 11.3. The molecule has 1 rings (SSSR count). The Morgan fingerprint density at radius 1 is 1.13 bits per heavy atom. The maximum atomic E-state index is 10.7. The highest BCUT2D eigenvalue weighted by molar-refractivity contribution is 7.99. The van der Waals surface area contributed by atoms with Crippen LogP contribution in [0.1, 0.15) is 32.1 Å². The third-order valence-electron chi connectivity index (χ3n) is 2.69. The molecule has 0 saturated heterocycles. The van der Waals surface area contributed by atoms with Gasteiger partial charge in [-0.1, -0.05) is 0 Å². The maximum absolute atomic E-state index is 10.7. The number of thioether (sulfide) groups is 1. The topological polar surface area (TPSA) is 74.6 Å². The van der Waals surface area contributed by atoms with E-state index in [4.69, 9.17) is 10.2 Å². The molecule has 0 heterocycles. The van der Waals surface area contributed by atoms with Crippen LogP contribution >= 0.6 is 11.8 Å². The molecule has 1 fully saturated rings. The first-order chi connectivity index (χ1) is 7.09. The summed E-state index contributed by atoms with van der Waals surface area (Å²) >= 11 is 1.67. The van der Waals surface area contributed by atoms with Gasteiger partial charge in [-0.25, -0.2) is 0 Å². The molecule has 1 aliphatic carbocycles. The SMILES string of the molecule is O=C(O)CCSC1CCC(C(=O)O)CC1. The number of hydrogen-bond acceptors (Lipinski definition) is 3. The molecule has 86 valence electrons. The molecule has 0 unspecified atom stereocenters. The highest BCUT2D eigenvalue weighted by Crippen LogP contribution is 2.32. The molecule has 0 atom stereocenters. The van der Waals surface area contributed by atoms with E-state index < -0.39 is 11.9 Å². The monoisotopic (exact) mass is 232 g/mol. The van der Waals surface area contributed by atoms with Gasteiger partial charge in [0, 0.05) is 11.0 Å². The molecule has 0 aromatic carbocycles. The van der Waals surface area contributed by atoms with Gasteiger partial charge in [-0.15, -0.1) is 0 Å². The first kappa shape index (κ1) is 12.4. The van der Waals surface area contributed by atoms with Gasteiger partial charge in [0.05, 0.1) is 12.3 Å². The Hall–Kier alpha value is -0.710. The summed E-state index contributed by atoms with van der Waals surface area (Å²) in [6.07, 6.45) is 3.48. The highest BCUT2D eigenvalue weighted by Gasteiger charge is 2.25. The Balaban J connectivity index is 2.14. The summed E-state index contributed by atoms with van der Waals surface area (Å²) < 4.78 is 0. The van der Waals surface area contributed by atoms with Crippen molar-refractivity contribution in [3.63, 3.8) is 0 Å². The number of rotatable bonds is 5. The molecular formula is C10H16O4S. The van der Waals surface area contributed by atoms with Gasteiger partial charge in [0.25, 0.3) is 0 Å². The quantitative estimate of drug-likeness (QED) is 0.756. The lowest BCUT2D eigenvalue weighted by Gasteiger charge is -2.25. The van der Waals surface area contributed by atoms with Crippen LogP contribution in [-0.2, 0) is 9.59 Å². The van der Waals surface area contributed by atoms with Crippen LogP contribution in [0.3, 0.4) is 0 Å². The highest BCUT2D eigenvalue weighted by atomic mass is 32.2. The molecular weight excluding hydrogens is 216 g/mol. The number of hydrogen-bond donors (Lipinski definition) is 2. The molecule has 0 amide bonds. The third kappa shape index (κ3) is 4.55. The van der Waals surface area contributed by atoms with Gasteiger partial charge in [0.15, 0.2) is 0 Å². The Kier molecular flexibility index (Phi) is 4.94. The lowest BCUT2D eigenvalue weighted by molar-refractivity contribution is -0.142. The van der Waals surface area contributed by atoms with Crippen LogP contribution in [0, 0.1) is 5.92 Å². The summed E-state index contributed by atoms with van der Waals surface area (Å²) in [6, 6.07) is 0. The predicted molar refractivity (Wildman–Crippen MR) is 58.1 cm³/mol. The van der Waals surface area contributed by atoms with Crippen molar-refractivity contribution in [1.29, 1.82) is 0 Å². The number of carbonyl (C=O) groups is 2. The first-order valence-corrected chi connectivity index (χ1v) is 6.20. The Bertz CT molecular complexity index is 231. The smallest absolute Gasteiger partial charge is 0.306 e. The zero-order valence-electron chi connectivity index (χ0n) is 8.52. The zero-order valence-corrected chi connectivity index (χ0v) is 9.33. The molecule has 1 aliphatic rings. The number of aliphatic carboxylic acids is 2. The molecule has 1 saturated carbocycles. The molecule has 5 heteroatoms. The number of carboxylic acid groups (broad SMARTS) is 2. The van der Waals surface area contributed by atoms with E-state index in [1.54, 1.807) is 11.8 Å². The van der Waals surface area contributed by atoms with Crippen molar-refractivity contribution in [2.45, 2.75) is 37.4 Å². The minimum Gasteiger partial charge on any atom is -0.481 e. The molecule has 15 heavy (non-hydrogen) atoms. The molecule has 4 nitrogen and oxygen atoms in total. The summed E-state index contributed by atoms with van der Waals surface area (Å²) in [4.78, 5) is 21.0. The lowest BCUT2D eigenvalue weighted by atomic mass is 9.89. The van der Waals surface area contributed by atoms with E-state index in [1.165, 1.54) is 0 Å². The minimum absolute atomic E-state index is 0.179. The first-order valence-electron chi connectivity index (χ1n) is 5.16. The van der Waals surface area contributed by atoms with E-state index in [2.05, 4.69) is 0 Å². The Morgan fingerprint density at radius 3 is 2.20 bits per heavy atom. The second-order valence-corrected chi connectivity index (χ2v) is 5.23. The Morgan fingerprint density at radius 2 is 1.73 bits per heavy atom. The average molecular weight is 232 g/mol. The molecule has 0 spiro atoms. The van der Waals surface area contributed by atoms with Crippen molar-refractivity contribution in [3.05, 3.63) is 0 Å². The predicted octanol–water partition coefficient (Wildman–Crippen LogP) is 1.84. The van der Waals surface area contributed by atoms with E-state index >= 15 is 0 Å². The van der Waals surface area contributed by atoms with Gasteiger partial charge in [-0.05, 0) is 25.7 Å². The van der Waals surface area contributed by atoms with E-state index in [-0.39, 0.29) is 12.3 Å². The third-order valence-corrected chi connectivity index (χ3v) is 4.08. The maximum Gasteiger partial charge on any atom is 0.306 e. The largest absolute Gasteiger partial charge is 0.481 e. The van der Waals surface area contributed by atoms with Crippen LogP contribution < -0.4 is 0 Å². The van der Waals surface area contributed by atoms with Crippen molar-refractivity contribution < 1.29 is 19.8 Å². The minimum atomic E-state index is -0.762. The van der Waals surface area contributed by atoms with Crippen LogP contribution in [0.25, 0.3) is 0 Å². The molecule has 0 aromatic rings. The Labute approximate surface area is 93.1 Å². The summed E-state index contributed by atoms with van der Waals surface area (Å²) in [5.41, 5.74) is 0.